The number of aromatic nitrogens is 1. The molecule has 4 rings (SSSR count). The molecule has 1 amide bonds. The van der Waals surface area contributed by atoms with E-state index in [9.17, 15) is 4.79 Å². The van der Waals surface area contributed by atoms with Crippen LogP contribution in [0.4, 0.5) is 0 Å². The molecule has 4 heteroatoms. The third-order valence-electron chi connectivity index (χ3n) is 4.40. The van der Waals surface area contributed by atoms with Crippen molar-refractivity contribution >= 4 is 28.4 Å². The Kier molecular flexibility index (Phi) is 4.86. The number of carbonyl (C=O) groups excluding carboxylic acids is 1. The fraction of sp³-hybridized carbons (Fsp3) is 0.0435. The summed E-state index contributed by atoms with van der Waals surface area (Å²) in [5.74, 6) is -0.118. The zero-order valence-electron chi connectivity index (χ0n) is 14.5. The summed E-state index contributed by atoms with van der Waals surface area (Å²) in [6.45, 7) is 0.479. The lowest BCUT2D eigenvalue weighted by molar-refractivity contribution is 0.0952. The Morgan fingerprint density at radius 2 is 1.59 bits per heavy atom. The van der Waals surface area contributed by atoms with Crippen LogP contribution in [0.25, 0.3) is 22.2 Å². The number of para-hydroxylation sites is 1. The van der Waals surface area contributed by atoms with E-state index in [1.807, 2.05) is 84.9 Å². The monoisotopic (exact) mass is 372 g/mol. The predicted octanol–water partition coefficient (Wildman–Crippen LogP) is 5.49. The second kappa shape index (κ2) is 7.60. The van der Waals surface area contributed by atoms with E-state index in [0.717, 1.165) is 27.7 Å². The van der Waals surface area contributed by atoms with E-state index in [1.54, 1.807) is 0 Å². The molecule has 1 heterocycles. The summed E-state index contributed by atoms with van der Waals surface area (Å²) in [6, 6.07) is 26.8. The van der Waals surface area contributed by atoms with Gasteiger partial charge in [0.25, 0.3) is 5.91 Å². The normalized spacial score (nSPS) is 10.7. The summed E-state index contributed by atoms with van der Waals surface area (Å²) in [7, 11) is 0. The number of nitrogens with one attached hydrogen (secondary N) is 1. The van der Waals surface area contributed by atoms with Crippen molar-refractivity contribution in [3.05, 3.63) is 101 Å². The molecule has 0 fully saturated rings. The number of carbonyl (C=O) groups is 1. The molecule has 27 heavy (non-hydrogen) atoms. The van der Waals surface area contributed by atoms with Crippen LogP contribution < -0.4 is 5.32 Å². The maximum atomic E-state index is 12.9. The van der Waals surface area contributed by atoms with Gasteiger partial charge in [-0.25, -0.2) is 4.98 Å². The number of rotatable bonds is 4. The minimum atomic E-state index is -0.118. The average molecular weight is 373 g/mol. The van der Waals surface area contributed by atoms with Gasteiger partial charge in [-0.2, -0.15) is 0 Å². The summed E-state index contributed by atoms with van der Waals surface area (Å²) in [4.78, 5) is 17.6. The van der Waals surface area contributed by atoms with Gasteiger partial charge < -0.3 is 5.32 Å². The lowest BCUT2D eigenvalue weighted by Crippen LogP contribution is -2.23. The SMILES string of the molecule is O=C(NCc1ccccc1)c1cc(-c2ccc(Cl)cc2)nc2ccccc12. The molecule has 3 nitrogen and oxygen atoms in total. The average Bonchev–Trinajstić information content (AvgIpc) is 2.72. The molecule has 1 N–H and O–H groups in total. The molecule has 0 aliphatic rings. The van der Waals surface area contributed by atoms with Gasteiger partial charge in [-0.3, -0.25) is 4.79 Å². The van der Waals surface area contributed by atoms with E-state index >= 15 is 0 Å². The summed E-state index contributed by atoms with van der Waals surface area (Å²) in [6.07, 6.45) is 0. The second-order valence-corrected chi connectivity index (χ2v) is 6.68. The van der Waals surface area contributed by atoms with Crippen LogP contribution in [0.3, 0.4) is 0 Å². The molecule has 0 saturated carbocycles. The van der Waals surface area contributed by atoms with Gasteiger partial charge in [0.15, 0.2) is 0 Å². The maximum Gasteiger partial charge on any atom is 0.252 e. The Morgan fingerprint density at radius 1 is 0.889 bits per heavy atom. The first-order valence-corrected chi connectivity index (χ1v) is 9.06. The van der Waals surface area contributed by atoms with Gasteiger partial charge in [-0.1, -0.05) is 72.3 Å². The number of fused-ring (bicyclic) bond motifs is 1. The van der Waals surface area contributed by atoms with Crippen molar-refractivity contribution < 1.29 is 4.79 Å². The summed E-state index contributed by atoms with van der Waals surface area (Å²) in [5, 5.41) is 4.51. The summed E-state index contributed by atoms with van der Waals surface area (Å²) >= 11 is 5.99. The maximum absolute atomic E-state index is 12.9. The number of hydrogen-bond acceptors (Lipinski definition) is 2. The molecular formula is C23H17ClN2O. The van der Waals surface area contributed by atoms with Crippen molar-refractivity contribution in [2.45, 2.75) is 6.54 Å². The van der Waals surface area contributed by atoms with Crippen LogP contribution in [0.2, 0.25) is 5.02 Å². The van der Waals surface area contributed by atoms with Crippen LogP contribution in [-0.2, 0) is 6.54 Å². The third-order valence-corrected chi connectivity index (χ3v) is 4.65. The van der Waals surface area contributed by atoms with Crippen molar-refractivity contribution in [3.63, 3.8) is 0 Å². The first kappa shape index (κ1) is 17.3. The Bertz CT molecular complexity index is 1090. The Balaban J connectivity index is 1.72. The van der Waals surface area contributed by atoms with E-state index in [2.05, 4.69) is 5.32 Å². The highest BCUT2D eigenvalue weighted by Gasteiger charge is 2.13. The van der Waals surface area contributed by atoms with Crippen molar-refractivity contribution in [1.29, 1.82) is 0 Å². The van der Waals surface area contributed by atoms with Crippen molar-refractivity contribution in [2.75, 3.05) is 0 Å². The fourth-order valence-corrected chi connectivity index (χ4v) is 3.13. The zero-order valence-corrected chi connectivity index (χ0v) is 15.3. The van der Waals surface area contributed by atoms with E-state index in [4.69, 9.17) is 16.6 Å². The van der Waals surface area contributed by atoms with Crippen LogP contribution in [0, 0.1) is 0 Å². The van der Waals surface area contributed by atoms with Gasteiger partial charge in [-0.15, -0.1) is 0 Å². The van der Waals surface area contributed by atoms with Gasteiger partial charge in [-0.05, 0) is 29.8 Å². The van der Waals surface area contributed by atoms with E-state index in [-0.39, 0.29) is 5.91 Å². The van der Waals surface area contributed by atoms with E-state index in [0.29, 0.717) is 17.1 Å². The molecule has 0 unspecified atom stereocenters. The molecule has 0 spiro atoms. The Labute approximate surface area is 162 Å². The molecule has 0 saturated heterocycles. The van der Waals surface area contributed by atoms with Crippen molar-refractivity contribution in [1.82, 2.24) is 10.3 Å². The predicted molar refractivity (Wildman–Crippen MR) is 110 cm³/mol. The van der Waals surface area contributed by atoms with E-state index < -0.39 is 0 Å². The molecule has 0 aliphatic heterocycles. The molecule has 4 aromatic rings. The molecule has 0 atom stereocenters. The van der Waals surface area contributed by atoms with Crippen LogP contribution in [0.1, 0.15) is 15.9 Å². The number of halogens is 1. The van der Waals surface area contributed by atoms with Crippen LogP contribution >= 0.6 is 11.6 Å². The second-order valence-electron chi connectivity index (χ2n) is 6.25. The molecule has 0 bridgehead atoms. The third kappa shape index (κ3) is 3.83. The minimum absolute atomic E-state index is 0.118. The lowest BCUT2D eigenvalue weighted by Gasteiger charge is -2.11. The van der Waals surface area contributed by atoms with Gasteiger partial charge >= 0.3 is 0 Å². The Hall–Kier alpha value is -3.17. The zero-order chi connectivity index (χ0) is 18.6. The highest BCUT2D eigenvalue weighted by molar-refractivity contribution is 6.30. The number of pyridine rings is 1. The topological polar surface area (TPSA) is 42.0 Å². The van der Waals surface area contributed by atoms with Crippen molar-refractivity contribution in [2.24, 2.45) is 0 Å². The highest BCUT2D eigenvalue weighted by atomic mass is 35.5. The molecule has 1 aromatic heterocycles. The van der Waals surface area contributed by atoms with E-state index in [1.165, 1.54) is 0 Å². The molecule has 0 aliphatic carbocycles. The number of hydrogen-bond donors (Lipinski definition) is 1. The quantitative estimate of drug-likeness (QED) is 0.515. The van der Waals surface area contributed by atoms with Crippen molar-refractivity contribution in [3.8, 4) is 11.3 Å². The van der Waals surface area contributed by atoms with Gasteiger partial charge in [0, 0.05) is 22.5 Å². The first-order valence-electron chi connectivity index (χ1n) is 8.68. The van der Waals surface area contributed by atoms with Gasteiger partial charge in [0.05, 0.1) is 16.8 Å². The Morgan fingerprint density at radius 3 is 2.37 bits per heavy atom. The number of nitrogens with zero attached hydrogens (tertiary/aromatic N) is 1. The molecule has 132 valence electrons. The van der Waals surface area contributed by atoms with Gasteiger partial charge in [0.2, 0.25) is 0 Å². The smallest absolute Gasteiger partial charge is 0.252 e. The summed E-state index contributed by atoms with van der Waals surface area (Å²) in [5.41, 5.74) is 4.12. The largest absolute Gasteiger partial charge is 0.348 e. The fourth-order valence-electron chi connectivity index (χ4n) is 3.01. The number of benzene rings is 3. The standard InChI is InChI=1S/C23H17ClN2O/c24-18-12-10-17(11-13-18)22-14-20(19-8-4-5-9-21(19)26-22)23(27)25-15-16-6-2-1-3-7-16/h1-14H,15H2,(H,25,27). The van der Waals surface area contributed by atoms with Gasteiger partial charge in [0.1, 0.15) is 0 Å². The van der Waals surface area contributed by atoms with Crippen LogP contribution in [0.5, 0.6) is 0 Å². The molecular weight excluding hydrogens is 356 g/mol. The highest BCUT2D eigenvalue weighted by Crippen LogP contribution is 2.26. The minimum Gasteiger partial charge on any atom is -0.348 e. The van der Waals surface area contributed by atoms with Crippen LogP contribution in [-0.4, -0.2) is 10.9 Å². The lowest BCUT2D eigenvalue weighted by atomic mass is 10.0. The van der Waals surface area contributed by atoms with Crippen LogP contribution in [0.15, 0.2) is 84.9 Å². The molecule has 0 radical (unpaired) electrons. The molecule has 3 aromatic carbocycles. The summed E-state index contributed by atoms with van der Waals surface area (Å²) < 4.78 is 0. The first-order chi connectivity index (χ1) is 13.2. The number of amides is 1.